The third-order valence-corrected chi connectivity index (χ3v) is 2.38. The van der Waals surface area contributed by atoms with Crippen molar-refractivity contribution >= 4 is 0 Å². The Labute approximate surface area is 95.3 Å². The van der Waals surface area contributed by atoms with E-state index < -0.39 is 0 Å². The molecule has 84 valence electrons. The Hall–Kier alpha value is -1.68. The Kier molecular flexibility index (Phi) is 3.66. The Morgan fingerprint density at radius 1 is 1.25 bits per heavy atom. The van der Waals surface area contributed by atoms with E-state index in [1.54, 1.807) is 11.0 Å². The molecule has 4 heteroatoms. The van der Waals surface area contributed by atoms with Crippen molar-refractivity contribution in [1.29, 1.82) is 0 Å². The number of hydrogen-bond acceptors (Lipinski definition) is 3. The van der Waals surface area contributed by atoms with E-state index in [2.05, 4.69) is 46.6 Å². The maximum atomic E-state index is 4.08. The van der Waals surface area contributed by atoms with Crippen LogP contribution >= 0.6 is 0 Å². The molecule has 0 aliphatic heterocycles. The van der Waals surface area contributed by atoms with Gasteiger partial charge in [-0.2, -0.15) is 5.10 Å². The van der Waals surface area contributed by atoms with Crippen molar-refractivity contribution in [1.82, 2.24) is 20.1 Å². The highest BCUT2D eigenvalue weighted by Gasteiger charge is 1.96. The molecular weight excluding hydrogens is 200 g/mol. The summed E-state index contributed by atoms with van der Waals surface area (Å²) >= 11 is 0. The van der Waals surface area contributed by atoms with Gasteiger partial charge in [0.15, 0.2) is 0 Å². The highest BCUT2D eigenvalue weighted by molar-refractivity contribution is 5.33. The van der Waals surface area contributed by atoms with E-state index in [1.807, 2.05) is 0 Å². The van der Waals surface area contributed by atoms with Gasteiger partial charge in [0.05, 0.1) is 5.69 Å². The second-order valence-corrected chi connectivity index (χ2v) is 3.68. The smallest absolute Gasteiger partial charge is 0.138 e. The normalized spacial score (nSPS) is 10.6. The lowest BCUT2D eigenvalue weighted by Gasteiger charge is -2.04. The number of hydrogen-bond donors (Lipinski definition) is 1. The maximum Gasteiger partial charge on any atom is 0.138 e. The zero-order chi connectivity index (χ0) is 11.2. The second kappa shape index (κ2) is 5.42. The molecule has 0 bridgehead atoms. The first-order valence-electron chi connectivity index (χ1n) is 5.55. The predicted molar refractivity (Wildman–Crippen MR) is 63.4 cm³/mol. The van der Waals surface area contributed by atoms with Gasteiger partial charge in [0.25, 0.3) is 0 Å². The van der Waals surface area contributed by atoms with Crippen LogP contribution in [0.5, 0.6) is 0 Å². The molecule has 2 aromatic rings. The summed E-state index contributed by atoms with van der Waals surface area (Å²) in [6.45, 7) is 4.15. The number of nitrogens with zero attached hydrogens (tertiary/aromatic N) is 3. The van der Waals surface area contributed by atoms with Gasteiger partial charge < -0.3 is 5.32 Å². The minimum Gasteiger partial charge on any atom is -0.313 e. The number of aromatic nitrogens is 3. The molecule has 1 aromatic heterocycles. The molecule has 0 unspecified atom stereocenters. The molecule has 0 fully saturated rings. The zero-order valence-corrected chi connectivity index (χ0v) is 9.43. The van der Waals surface area contributed by atoms with Gasteiger partial charge >= 0.3 is 0 Å². The van der Waals surface area contributed by atoms with Gasteiger partial charge in [0, 0.05) is 6.54 Å². The lowest BCUT2D eigenvalue weighted by Crippen LogP contribution is -2.13. The fourth-order valence-electron chi connectivity index (χ4n) is 1.52. The summed E-state index contributed by atoms with van der Waals surface area (Å²) < 4.78 is 1.75. The molecule has 0 spiro atoms. The van der Waals surface area contributed by atoms with Crippen LogP contribution in [0.25, 0.3) is 5.69 Å². The third-order valence-electron chi connectivity index (χ3n) is 2.38. The van der Waals surface area contributed by atoms with Crippen molar-refractivity contribution in [2.45, 2.75) is 19.9 Å². The summed E-state index contributed by atoms with van der Waals surface area (Å²) in [6, 6.07) is 8.33. The van der Waals surface area contributed by atoms with Crippen LogP contribution in [0.1, 0.15) is 18.9 Å². The maximum absolute atomic E-state index is 4.08. The van der Waals surface area contributed by atoms with Crippen molar-refractivity contribution in [2.24, 2.45) is 0 Å². The molecule has 0 aliphatic rings. The minimum absolute atomic E-state index is 0.922. The van der Waals surface area contributed by atoms with Crippen LogP contribution in [-0.4, -0.2) is 21.3 Å². The average Bonchev–Trinajstić information content (AvgIpc) is 2.84. The molecule has 0 atom stereocenters. The molecular formula is C12H16N4. The lowest BCUT2D eigenvalue weighted by atomic mass is 10.2. The summed E-state index contributed by atoms with van der Waals surface area (Å²) in [5.74, 6) is 0. The van der Waals surface area contributed by atoms with Crippen molar-refractivity contribution < 1.29 is 0 Å². The molecule has 1 N–H and O–H groups in total. The SMILES string of the molecule is CCCNCc1ccc(-n2cncn2)cc1. The number of rotatable bonds is 5. The largest absolute Gasteiger partial charge is 0.313 e. The van der Waals surface area contributed by atoms with Gasteiger partial charge in [0.1, 0.15) is 12.7 Å². The van der Waals surface area contributed by atoms with E-state index in [0.29, 0.717) is 0 Å². The molecule has 1 heterocycles. The molecule has 0 aliphatic carbocycles. The van der Waals surface area contributed by atoms with Gasteiger partial charge in [-0.15, -0.1) is 0 Å². The van der Waals surface area contributed by atoms with Crippen LogP contribution in [0, 0.1) is 0 Å². The number of nitrogens with one attached hydrogen (secondary N) is 1. The summed E-state index contributed by atoms with van der Waals surface area (Å²) in [6.07, 6.45) is 4.40. The Morgan fingerprint density at radius 2 is 2.06 bits per heavy atom. The van der Waals surface area contributed by atoms with E-state index >= 15 is 0 Å². The molecule has 1 aromatic carbocycles. The Morgan fingerprint density at radius 3 is 2.69 bits per heavy atom. The van der Waals surface area contributed by atoms with Crippen LogP contribution in [0.4, 0.5) is 0 Å². The van der Waals surface area contributed by atoms with E-state index in [9.17, 15) is 0 Å². The van der Waals surface area contributed by atoms with Gasteiger partial charge in [-0.3, -0.25) is 0 Å². The summed E-state index contributed by atoms with van der Waals surface area (Å²) in [4.78, 5) is 3.92. The van der Waals surface area contributed by atoms with E-state index in [4.69, 9.17) is 0 Å². The highest BCUT2D eigenvalue weighted by atomic mass is 15.3. The van der Waals surface area contributed by atoms with Crippen LogP contribution in [0.3, 0.4) is 0 Å². The van der Waals surface area contributed by atoms with Gasteiger partial charge in [0.2, 0.25) is 0 Å². The summed E-state index contributed by atoms with van der Waals surface area (Å²) in [5.41, 5.74) is 2.33. The number of benzene rings is 1. The van der Waals surface area contributed by atoms with Crippen molar-refractivity contribution in [3.05, 3.63) is 42.5 Å². The average molecular weight is 216 g/mol. The lowest BCUT2D eigenvalue weighted by molar-refractivity contribution is 0.675. The quantitative estimate of drug-likeness (QED) is 0.774. The third kappa shape index (κ3) is 2.67. The molecule has 2 rings (SSSR count). The predicted octanol–water partition coefficient (Wildman–Crippen LogP) is 1.77. The van der Waals surface area contributed by atoms with E-state index in [0.717, 1.165) is 25.2 Å². The summed E-state index contributed by atoms with van der Waals surface area (Å²) in [5, 5.41) is 7.45. The van der Waals surface area contributed by atoms with Crippen LogP contribution in [-0.2, 0) is 6.54 Å². The molecule has 0 saturated carbocycles. The van der Waals surface area contributed by atoms with Gasteiger partial charge in [-0.1, -0.05) is 19.1 Å². The Bertz CT molecular complexity index is 405. The first-order chi connectivity index (χ1) is 7.90. The first-order valence-corrected chi connectivity index (χ1v) is 5.55. The zero-order valence-electron chi connectivity index (χ0n) is 9.43. The van der Waals surface area contributed by atoms with Gasteiger partial charge in [-0.25, -0.2) is 9.67 Å². The van der Waals surface area contributed by atoms with Crippen LogP contribution in [0.15, 0.2) is 36.9 Å². The van der Waals surface area contributed by atoms with E-state index in [1.165, 1.54) is 11.9 Å². The van der Waals surface area contributed by atoms with Crippen LogP contribution in [0.2, 0.25) is 0 Å². The Balaban J connectivity index is 2.00. The highest BCUT2D eigenvalue weighted by Crippen LogP contribution is 2.07. The summed E-state index contributed by atoms with van der Waals surface area (Å²) in [7, 11) is 0. The van der Waals surface area contributed by atoms with E-state index in [-0.39, 0.29) is 0 Å². The molecule has 0 amide bonds. The second-order valence-electron chi connectivity index (χ2n) is 3.68. The molecule has 16 heavy (non-hydrogen) atoms. The standard InChI is InChI=1S/C12H16N4/c1-2-7-13-8-11-3-5-12(6-4-11)16-10-14-9-15-16/h3-6,9-10,13H,2,7-8H2,1H3. The van der Waals surface area contributed by atoms with Gasteiger partial charge in [-0.05, 0) is 30.7 Å². The fourth-order valence-corrected chi connectivity index (χ4v) is 1.52. The topological polar surface area (TPSA) is 42.7 Å². The molecule has 4 nitrogen and oxygen atoms in total. The van der Waals surface area contributed by atoms with Crippen molar-refractivity contribution in [3.63, 3.8) is 0 Å². The van der Waals surface area contributed by atoms with Crippen molar-refractivity contribution in [3.8, 4) is 5.69 Å². The fraction of sp³-hybridized carbons (Fsp3) is 0.333. The van der Waals surface area contributed by atoms with Crippen LogP contribution < -0.4 is 5.32 Å². The molecule has 0 saturated heterocycles. The first kappa shape index (κ1) is 10.8. The molecule has 0 radical (unpaired) electrons. The van der Waals surface area contributed by atoms with Crippen molar-refractivity contribution in [2.75, 3.05) is 6.54 Å². The monoisotopic (exact) mass is 216 g/mol. The minimum atomic E-state index is 0.922.